The molecule has 0 heterocycles. The molecule has 0 aromatic carbocycles. The second kappa shape index (κ2) is 24.4. The van der Waals surface area contributed by atoms with Crippen LogP contribution < -0.4 is 0 Å². The van der Waals surface area contributed by atoms with Crippen LogP contribution in [0.3, 0.4) is 0 Å². The zero-order valence-electron chi connectivity index (χ0n) is 1.20. The molecule has 0 aliphatic heterocycles. The monoisotopic (exact) mass is 383 g/mol. The molecule has 5 heteroatoms. The van der Waals surface area contributed by atoms with E-state index in [-0.39, 0.29) is 94.3 Å². The van der Waals surface area contributed by atoms with Gasteiger partial charge in [-0.3, -0.25) is 0 Å². The third-order valence-electron chi connectivity index (χ3n) is 0. The molecule has 33 valence electrons. The molecule has 0 spiro atoms. The molecular weight excluding hydrogens is 375 g/mol. The van der Waals surface area contributed by atoms with E-state index in [2.05, 4.69) is 28.4 Å². The third kappa shape index (κ3) is 18.0. The van der Waals surface area contributed by atoms with Gasteiger partial charge in [0.1, 0.15) is 0 Å². The van der Waals surface area contributed by atoms with Gasteiger partial charge in [-0.15, -0.1) is 0 Å². The van der Waals surface area contributed by atoms with E-state index in [1.807, 2.05) is 0 Å². The van der Waals surface area contributed by atoms with Gasteiger partial charge in [-0.2, -0.15) is 0 Å². The second-order valence-electron chi connectivity index (χ2n) is 0. The van der Waals surface area contributed by atoms with Gasteiger partial charge in [0.15, 0.2) is 0 Å². The summed E-state index contributed by atoms with van der Waals surface area (Å²) >= 11 is 4.50. The molecule has 0 aromatic heterocycles. The van der Waals surface area contributed by atoms with Crippen molar-refractivity contribution in [2.24, 2.45) is 0 Å². The van der Waals surface area contributed by atoms with Crippen LogP contribution in [0.15, 0.2) is 0 Å². The van der Waals surface area contributed by atoms with Gasteiger partial charge in [-0.05, 0) is 0 Å². The van der Waals surface area contributed by atoms with Gasteiger partial charge < -0.3 is 0 Å². The van der Waals surface area contributed by atoms with Gasteiger partial charge in [0.05, 0.1) is 0 Å². The van der Waals surface area contributed by atoms with Crippen LogP contribution in [-0.2, 0) is 17.1 Å². The van der Waals surface area contributed by atoms with Crippen LogP contribution in [0.4, 0.5) is 0 Å². The molecule has 0 aliphatic carbocycles. The van der Waals surface area contributed by atoms with Crippen LogP contribution >= 0.6 is 0 Å². The van der Waals surface area contributed by atoms with Crippen molar-refractivity contribution >= 4 is 106 Å². The third-order valence-corrected chi connectivity index (χ3v) is 0. The quantitative estimate of drug-likeness (QED) is 0.390. The average molecular weight is 381 g/mol. The zero-order chi connectivity index (χ0) is 2.00. The van der Waals surface area contributed by atoms with Crippen LogP contribution in [-0.4, -0.2) is 106 Å². The molecule has 0 aromatic rings. The zero-order valence-corrected chi connectivity index (χ0v) is 5.89. The van der Waals surface area contributed by atoms with Gasteiger partial charge in [0.25, 0.3) is 0 Å². The first-order valence-electron chi connectivity index (χ1n) is 0.200. The van der Waals surface area contributed by atoms with Crippen LogP contribution in [0.2, 0.25) is 0 Å². The summed E-state index contributed by atoms with van der Waals surface area (Å²) < 4.78 is 0. The van der Waals surface area contributed by atoms with Crippen LogP contribution in [0.25, 0.3) is 0 Å². The molecule has 5 heavy (non-hydrogen) atoms. The molecule has 0 fully saturated rings. The van der Waals surface area contributed by atoms with Crippen molar-refractivity contribution in [1.82, 2.24) is 0 Å². The van der Waals surface area contributed by atoms with Gasteiger partial charge in [-0.1, -0.05) is 0 Å². The summed E-state index contributed by atoms with van der Waals surface area (Å²) in [5.41, 5.74) is 0. The minimum absolute atomic E-state index is 0. The predicted octanol–water partition coefficient (Wildman–Crippen LogP) is -3.13. The fraction of sp³-hybridized carbons (Fsp3) is 0. The average Bonchev–Trinajstić information content (AvgIpc) is 1.00. The van der Waals surface area contributed by atoms with Crippen molar-refractivity contribution in [3.05, 3.63) is 0 Å². The summed E-state index contributed by atoms with van der Waals surface area (Å²) in [5.74, 6) is 0. The Morgan fingerprint density at radius 3 is 1.00 bits per heavy atom. The molecule has 0 bridgehead atoms. The molecule has 0 nitrogen and oxygen atoms in total. The van der Waals surface area contributed by atoms with Crippen molar-refractivity contribution in [2.45, 2.75) is 0 Å². The Morgan fingerprint density at radius 2 is 1.00 bits per heavy atom. The minimum atomic E-state index is 0. The molecule has 1 radical (unpaired) electrons. The van der Waals surface area contributed by atoms with E-state index in [0.29, 0.717) is 0 Å². The maximum atomic E-state index is 2.25. The Kier molecular flexibility index (Phi) is 112. The summed E-state index contributed by atoms with van der Waals surface area (Å²) in [6.07, 6.45) is 0. The molecule has 0 saturated heterocycles. The molecule has 0 N–H and O–H groups in total. The first-order chi connectivity index (χ1) is 1.00. The van der Waals surface area contributed by atoms with E-state index in [1.165, 1.54) is 0 Å². The van der Waals surface area contributed by atoms with Crippen LogP contribution in [0.1, 0.15) is 0 Å². The number of rotatable bonds is 0. The van der Waals surface area contributed by atoms with Crippen molar-refractivity contribution < 1.29 is 17.1 Å². The second-order valence-corrected chi connectivity index (χ2v) is 0. The van der Waals surface area contributed by atoms with Crippen molar-refractivity contribution in [3.63, 3.8) is 0 Å². The summed E-state index contributed by atoms with van der Waals surface area (Å²) in [4.78, 5) is 0. The normalized spacial score (nSPS) is 1.20. The molecule has 0 saturated carbocycles. The molecule has 0 rings (SSSR count). The Morgan fingerprint density at radius 1 is 1.00 bits per heavy atom. The Labute approximate surface area is 119 Å². The SMILES string of the molecule is [Cu].[InH3].[KH].[SeH][SeH]. The first-order valence-corrected chi connectivity index (χ1v) is 5.40. The van der Waals surface area contributed by atoms with Gasteiger partial charge in [0.2, 0.25) is 0 Å². The van der Waals surface area contributed by atoms with Crippen molar-refractivity contribution in [2.75, 3.05) is 0 Å². The van der Waals surface area contributed by atoms with E-state index < -0.39 is 0 Å². The summed E-state index contributed by atoms with van der Waals surface area (Å²) in [7, 11) is 0. The molecular formula is H6CuInKSe2. The standard InChI is InChI=1S/Cu.In.K.H2Se2.4H/c;;;1-2;;;;/h;;;1-2H;;;;. The molecule has 0 amide bonds. The number of hydrogen-bond acceptors (Lipinski definition) is 0. The predicted molar refractivity (Wildman–Crippen MR) is 31.4 cm³/mol. The molecule has 0 aliphatic rings. The van der Waals surface area contributed by atoms with Gasteiger partial charge >= 0.3 is 106 Å². The number of hydrogen-bond donors (Lipinski definition) is 0. The molecule has 0 unspecified atom stereocenters. The van der Waals surface area contributed by atoms with E-state index in [0.717, 1.165) is 0 Å². The molecule has 0 atom stereocenters. The van der Waals surface area contributed by atoms with Gasteiger partial charge in [-0.25, -0.2) is 0 Å². The first kappa shape index (κ1) is 23.0. The Hall–Kier alpha value is 4.06. The fourth-order valence-corrected chi connectivity index (χ4v) is 0. The van der Waals surface area contributed by atoms with E-state index in [9.17, 15) is 0 Å². The Bertz CT molecular complexity index is 9.61. The topological polar surface area (TPSA) is 0 Å². The van der Waals surface area contributed by atoms with Crippen molar-refractivity contribution in [1.29, 1.82) is 0 Å². The summed E-state index contributed by atoms with van der Waals surface area (Å²) in [5, 5.41) is 0. The van der Waals surface area contributed by atoms with E-state index >= 15 is 0 Å². The van der Waals surface area contributed by atoms with E-state index in [1.54, 1.807) is 0 Å². The summed E-state index contributed by atoms with van der Waals surface area (Å²) in [6.45, 7) is 0. The summed E-state index contributed by atoms with van der Waals surface area (Å²) in [6, 6.07) is 0. The van der Waals surface area contributed by atoms with Crippen molar-refractivity contribution in [3.8, 4) is 0 Å². The Balaban J connectivity index is -0.00000000167. The maximum absolute atomic E-state index is 2.25. The van der Waals surface area contributed by atoms with Gasteiger partial charge in [0, 0.05) is 17.1 Å². The van der Waals surface area contributed by atoms with Crippen LogP contribution in [0.5, 0.6) is 0 Å². The van der Waals surface area contributed by atoms with Crippen LogP contribution in [0, 0.1) is 0 Å². The fourth-order valence-electron chi connectivity index (χ4n) is 0. The van der Waals surface area contributed by atoms with E-state index in [4.69, 9.17) is 0 Å².